The largest absolute Gasteiger partial charge is 0.573 e. The predicted molar refractivity (Wildman–Crippen MR) is 118 cm³/mol. The molecule has 0 saturated carbocycles. The minimum absolute atomic E-state index is 0.300. The molecule has 0 aliphatic rings. The molecule has 0 atom stereocenters. The average molecular weight is 455 g/mol. The first kappa shape index (κ1) is 21.9. The standard InChI is InChI=1S/C22H18F3N6O2/c1-2-13-11-31-19(20(26)27-12-28-31)18(13)14-3-5-15(6-4-14)29-21(32)30-16-7-9-17(10-8-16)33-22(23,24)25/h3-12H,1-2H2,(H2,26,27,28)(H2,29,30,32). The second kappa shape index (κ2) is 8.69. The van der Waals surface area contributed by atoms with Crippen LogP contribution in [0.4, 0.5) is 35.2 Å². The van der Waals surface area contributed by atoms with E-state index < -0.39 is 12.4 Å². The van der Waals surface area contributed by atoms with Crippen LogP contribution in [-0.2, 0) is 6.42 Å². The molecular weight excluding hydrogens is 437 g/mol. The number of halogens is 3. The highest BCUT2D eigenvalue weighted by molar-refractivity contribution is 6.00. The number of fused-ring (bicyclic) bond motifs is 1. The molecule has 0 aliphatic heterocycles. The summed E-state index contributed by atoms with van der Waals surface area (Å²) in [6.45, 7) is 3.96. The molecule has 33 heavy (non-hydrogen) atoms. The molecule has 4 rings (SSSR count). The zero-order valence-electron chi connectivity index (χ0n) is 17.1. The number of ether oxygens (including phenoxy) is 1. The van der Waals surface area contributed by atoms with Crippen LogP contribution in [0.5, 0.6) is 5.75 Å². The van der Waals surface area contributed by atoms with Crippen LogP contribution < -0.4 is 21.1 Å². The van der Waals surface area contributed by atoms with Gasteiger partial charge < -0.3 is 21.1 Å². The summed E-state index contributed by atoms with van der Waals surface area (Å²) >= 11 is 0. The molecule has 1 radical (unpaired) electrons. The lowest BCUT2D eigenvalue weighted by molar-refractivity contribution is -0.274. The number of urea groups is 1. The quantitative estimate of drug-likeness (QED) is 0.397. The number of nitrogen functional groups attached to an aromatic ring is 1. The van der Waals surface area contributed by atoms with E-state index in [2.05, 4.69) is 32.4 Å². The number of nitrogens with zero attached hydrogens (tertiary/aromatic N) is 3. The van der Waals surface area contributed by atoms with E-state index in [1.165, 1.54) is 18.5 Å². The van der Waals surface area contributed by atoms with Gasteiger partial charge in [-0.05, 0) is 60.9 Å². The minimum atomic E-state index is -4.78. The third-order valence-electron chi connectivity index (χ3n) is 4.73. The minimum Gasteiger partial charge on any atom is -0.406 e. The van der Waals surface area contributed by atoms with Crippen LogP contribution in [0.3, 0.4) is 0 Å². The molecule has 2 aromatic carbocycles. The molecule has 11 heteroatoms. The lowest BCUT2D eigenvalue weighted by Crippen LogP contribution is -2.19. The zero-order chi connectivity index (χ0) is 23.6. The van der Waals surface area contributed by atoms with Crippen LogP contribution >= 0.6 is 0 Å². The van der Waals surface area contributed by atoms with E-state index in [0.717, 1.165) is 28.8 Å². The monoisotopic (exact) mass is 455 g/mol. The Balaban J connectivity index is 1.46. The van der Waals surface area contributed by atoms with E-state index in [-0.39, 0.29) is 5.75 Å². The molecule has 4 aromatic rings. The van der Waals surface area contributed by atoms with Crippen LogP contribution in [0.2, 0.25) is 0 Å². The van der Waals surface area contributed by atoms with Gasteiger partial charge in [-0.2, -0.15) is 5.10 Å². The maximum Gasteiger partial charge on any atom is 0.573 e. The van der Waals surface area contributed by atoms with Crippen LogP contribution in [0, 0.1) is 6.92 Å². The van der Waals surface area contributed by atoms with Gasteiger partial charge in [0.05, 0.1) is 0 Å². The lowest BCUT2D eigenvalue weighted by Gasteiger charge is -2.11. The number of aromatic nitrogens is 3. The highest BCUT2D eigenvalue weighted by atomic mass is 19.4. The molecule has 2 heterocycles. The highest BCUT2D eigenvalue weighted by Gasteiger charge is 2.31. The molecule has 0 aliphatic carbocycles. The van der Waals surface area contributed by atoms with Gasteiger partial charge in [-0.25, -0.2) is 14.3 Å². The molecular formula is C22H18F3N6O2. The first-order valence-electron chi connectivity index (χ1n) is 9.67. The number of anilines is 3. The second-order valence-electron chi connectivity index (χ2n) is 6.95. The number of alkyl halides is 3. The molecule has 2 aromatic heterocycles. The van der Waals surface area contributed by atoms with Crippen LogP contribution in [-0.4, -0.2) is 27.0 Å². The second-order valence-corrected chi connectivity index (χ2v) is 6.95. The van der Waals surface area contributed by atoms with Gasteiger partial charge in [0, 0.05) is 23.1 Å². The van der Waals surface area contributed by atoms with Gasteiger partial charge in [-0.15, -0.1) is 13.2 Å². The van der Waals surface area contributed by atoms with Crippen molar-refractivity contribution in [2.45, 2.75) is 12.8 Å². The van der Waals surface area contributed by atoms with E-state index in [1.54, 1.807) is 16.6 Å². The summed E-state index contributed by atoms with van der Waals surface area (Å²) in [5.41, 5.74) is 10.2. The van der Waals surface area contributed by atoms with Crippen molar-refractivity contribution in [1.82, 2.24) is 14.6 Å². The van der Waals surface area contributed by atoms with Gasteiger partial charge in [0.2, 0.25) is 0 Å². The number of carbonyl (C=O) groups excluding carboxylic acids is 1. The summed E-state index contributed by atoms with van der Waals surface area (Å²) in [5, 5.41) is 9.39. The molecule has 0 fully saturated rings. The number of hydrogen-bond acceptors (Lipinski definition) is 5. The van der Waals surface area contributed by atoms with Crippen molar-refractivity contribution in [3.63, 3.8) is 0 Å². The van der Waals surface area contributed by atoms with E-state index in [1.807, 2.05) is 18.3 Å². The van der Waals surface area contributed by atoms with Gasteiger partial charge in [0.15, 0.2) is 5.82 Å². The van der Waals surface area contributed by atoms with Gasteiger partial charge >= 0.3 is 12.4 Å². The Kier molecular flexibility index (Phi) is 5.78. The number of rotatable bonds is 5. The molecule has 2 amide bonds. The van der Waals surface area contributed by atoms with Gasteiger partial charge in [-0.3, -0.25) is 0 Å². The Morgan fingerprint density at radius 2 is 1.67 bits per heavy atom. The van der Waals surface area contributed by atoms with Gasteiger partial charge in [0.1, 0.15) is 17.6 Å². The Labute approximate surface area is 186 Å². The fraction of sp³-hybridized carbons (Fsp3) is 0.0909. The molecule has 0 unspecified atom stereocenters. The average Bonchev–Trinajstić information content (AvgIpc) is 3.15. The van der Waals surface area contributed by atoms with E-state index in [4.69, 9.17) is 5.73 Å². The maximum absolute atomic E-state index is 12.3. The smallest absolute Gasteiger partial charge is 0.406 e. The predicted octanol–water partition coefficient (Wildman–Crippen LogP) is 4.90. The van der Waals surface area contributed by atoms with E-state index >= 15 is 0 Å². The van der Waals surface area contributed by atoms with Crippen LogP contribution in [0.25, 0.3) is 16.6 Å². The van der Waals surface area contributed by atoms with Gasteiger partial charge in [-0.1, -0.05) is 12.1 Å². The third kappa shape index (κ3) is 4.97. The Morgan fingerprint density at radius 1 is 1.06 bits per heavy atom. The van der Waals surface area contributed by atoms with Crippen molar-refractivity contribution in [1.29, 1.82) is 0 Å². The van der Waals surface area contributed by atoms with Crippen molar-refractivity contribution < 1.29 is 22.7 Å². The SMILES string of the molecule is [CH2]Cc1cn2ncnc(N)c2c1-c1ccc(NC(=O)Nc2ccc(OC(F)(F)F)cc2)cc1. The number of benzene rings is 2. The first-order valence-corrected chi connectivity index (χ1v) is 9.67. The summed E-state index contributed by atoms with van der Waals surface area (Å²) in [6, 6.07) is 11.3. The first-order chi connectivity index (χ1) is 15.7. The van der Waals surface area contributed by atoms with Crippen LogP contribution in [0.1, 0.15) is 5.56 Å². The van der Waals surface area contributed by atoms with Crippen LogP contribution in [0.15, 0.2) is 61.1 Å². The zero-order valence-corrected chi connectivity index (χ0v) is 17.1. The Morgan fingerprint density at radius 3 is 2.24 bits per heavy atom. The van der Waals surface area contributed by atoms with Crippen molar-refractivity contribution in [2.24, 2.45) is 0 Å². The van der Waals surface area contributed by atoms with E-state index in [9.17, 15) is 18.0 Å². The topological polar surface area (TPSA) is 107 Å². The number of nitrogens with two attached hydrogens (primary N) is 1. The maximum atomic E-state index is 12.3. The molecule has 169 valence electrons. The highest BCUT2D eigenvalue weighted by Crippen LogP contribution is 2.33. The Hall–Kier alpha value is -4.28. The van der Waals surface area contributed by atoms with Crippen molar-refractivity contribution >= 4 is 28.7 Å². The Bertz CT molecular complexity index is 1280. The molecule has 8 nitrogen and oxygen atoms in total. The summed E-state index contributed by atoms with van der Waals surface area (Å²) in [4.78, 5) is 16.3. The molecule has 0 spiro atoms. The fourth-order valence-electron chi connectivity index (χ4n) is 3.35. The number of hydrogen-bond donors (Lipinski definition) is 3. The normalized spacial score (nSPS) is 11.4. The summed E-state index contributed by atoms with van der Waals surface area (Å²) in [7, 11) is 0. The molecule has 0 saturated heterocycles. The van der Waals surface area contributed by atoms with Crippen molar-refractivity contribution in [3.8, 4) is 16.9 Å². The number of amides is 2. The summed E-state index contributed by atoms with van der Waals surface area (Å²) in [5.74, 6) is -0.0390. The van der Waals surface area contributed by atoms with Crippen molar-refractivity contribution in [2.75, 3.05) is 16.4 Å². The van der Waals surface area contributed by atoms with E-state index in [0.29, 0.717) is 29.1 Å². The molecule has 0 bridgehead atoms. The summed E-state index contributed by atoms with van der Waals surface area (Å²) in [6.07, 6.45) is -1.03. The number of carbonyl (C=O) groups is 1. The molecule has 4 N–H and O–H groups in total. The third-order valence-corrected chi connectivity index (χ3v) is 4.73. The number of nitrogens with one attached hydrogen (secondary N) is 2. The van der Waals surface area contributed by atoms with Gasteiger partial charge in [0.25, 0.3) is 0 Å². The fourth-order valence-corrected chi connectivity index (χ4v) is 3.35. The van der Waals surface area contributed by atoms with Crippen molar-refractivity contribution in [3.05, 3.63) is 73.5 Å². The summed E-state index contributed by atoms with van der Waals surface area (Å²) < 4.78 is 42.2. The lowest BCUT2D eigenvalue weighted by atomic mass is 10.0.